The molecule has 112 valence electrons. The van der Waals surface area contributed by atoms with E-state index in [9.17, 15) is 22.8 Å². The van der Waals surface area contributed by atoms with E-state index in [2.05, 4.69) is 5.10 Å². The molecule has 1 heterocycles. The number of hydrogen-bond donors (Lipinski definition) is 1. The highest BCUT2D eigenvalue weighted by Gasteiger charge is 2.35. The molecule has 0 saturated heterocycles. The normalized spacial score (nSPS) is 11.4. The zero-order chi connectivity index (χ0) is 15.5. The van der Waals surface area contributed by atoms with E-state index in [-0.39, 0.29) is 10.6 Å². The van der Waals surface area contributed by atoms with Crippen molar-refractivity contribution < 1.29 is 27.9 Å². The topological polar surface area (TPSA) is 75.4 Å². The van der Waals surface area contributed by atoms with Crippen LogP contribution in [0.25, 0.3) is 0 Å². The Morgan fingerprint density at radius 2 is 2.05 bits per heavy atom. The molecule has 20 heavy (non-hydrogen) atoms. The summed E-state index contributed by atoms with van der Waals surface area (Å²) in [5.41, 5.74) is 0.463. The van der Waals surface area contributed by atoms with Gasteiger partial charge in [-0.2, -0.15) is 18.3 Å². The summed E-state index contributed by atoms with van der Waals surface area (Å²) in [6.45, 7) is -0.864. The van der Waals surface area contributed by atoms with Crippen molar-refractivity contribution in [3.63, 3.8) is 0 Å². The predicted molar refractivity (Wildman–Crippen MR) is 62.2 cm³/mol. The van der Waals surface area contributed by atoms with Crippen LogP contribution in [0.4, 0.5) is 13.2 Å². The molecular weight excluding hydrogens is 279 g/mol. The lowest BCUT2D eigenvalue weighted by Crippen LogP contribution is -2.42. The van der Waals surface area contributed by atoms with E-state index in [0.717, 1.165) is 4.68 Å². The second-order valence-corrected chi connectivity index (χ2v) is 4.17. The van der Waals surface area contributed by atoms with Gasteiger partial charge in [0.1, 0.15) is 18.8 Å². The molecule has 1 N–H and O–H groups in total. The highest BCUT2D eigenvalue weighted by Crippen LogP contribution is 2.18. The van der Waals surface area contributed by atoms with Crippen LogP contribution in [0.5, 0.6) is 0 Å². The van der Waals surface area contributed by atoms with Gasteiger partial charge in [-0.25, -0.2) is 0 Å². The Morgan fingerprint density at radius 1 is 1.45 bits per heavy atom. The summed E-state index contributed by atoms with van der Waals surface area (Å²) in [7, 11) is 1.42. The van der Waals surface area contributed by atoms with Gasteiger partial charge in [-0.3, -0.25) is 14.3 Å². The fraction of sp³-hybridized carbons (Fsp3) is 0.545. The molecule has 1 aromatic rings. The number of halogens is 3. The van der Waals surface area contributed by atoms with Crippen LogP contribution < -0.4 is 0 Å². The van der Waals surface area contributed by atoms with Gasteiger partial charge in [0, 0.05) is 7.05 Å². The minimum atomic E-state index is -4.67. The Balaban J connectivity index is 3.02. The molecule has 0 fully saturated rings. The summed E-state index contributed by atoms with van der Waals surface area (Å²) in [6, 6.07) is 1.35. The SMILES string of the molecule is CCc1cc(C(=O)N(CC(=O)O)CC(F)(F)F)n(C)n1. The third-order valence-corrected chi connectivity index (χ3v) is 2.50. The van der Waals surface area contributed by atoms with Crippen LogP contribution in [0, 0.1) is 0 Å². The van der Waals surface area contributed by atoms with Gasteiger partial charge in [-0.1, -0.05) is 6.92 Å². The molecule has 1 amide bonds. The molecule has 0 aliphatic rings. The van der Waals surface area contributed by atoms with Crippen molar-refractivity contribution in [2.75, 3.05) is 13.1 Å². The Kier molecular flexibility index (Phi) is 4.74. The first kappa shape index (κ1) is 16.0. The van der Waals surface area contributed by atoms with Crippen LogP contribution in [-0.2, 0) is 18.3 Å². The molecule has 0 aromatic carbocycles. The first-order chi connectivity index (χ1) is 9.14. The maximum absolute atomic E-state index is 12.4. The molecule has 0 aliphatic heterocycles. The van der Waals surface area contributed by atoms with E-state index >= 15 is 0 Å². The minimum absolute atomic E-state index is 0.0765. The first-order valence-corrected chi connectivity index (χ1v) is 5.74. The lowest BCUT2D eigenvalue weighted by atomic mass is 10.2. The van der Waals surface area contributed by atoms with Crippen molar-refractivity contribution in [3.8, 4) is 0 Å². The molecule has 0 unspecified atom stereocenters. The second kappa shape index (κ2) is 5.93. The average Bonchev–Trinajstić information content (AvgIpc) is 2.66. The van der Waals surface area contributed by atoms with Gasteiger partial charge in [0.15, 0.2) is 0 Å². The third-order valence-electron chi connectivity index (χ3n) is 2.50. The number of aromatic nitrogens is 2. The number of alkyl halides is 3. The molecule has 0 radical (unpaired) electrons. The largest absolute Gasteiger partial charge is 0.480 e. The van der Waals surface area contributed by atoms with Crippen LogP contribution in [0.2, 0.25) is 0 Å². The lowest BCUT2D eigenvalue weighted by Gasteiger charge is -2.21. The van der Waals surface area contributed by atoms with Crippen LogP contribution >= 0.6 is 0 Å². The Labute approximate surface area is 112 Å². The first-order valence-electron chi connectivity index (χ1n) is 5.74. The van der Waals surface area contributed by atoms with Gasteiger partial charge in [0.2, 0.25) is 0 Å². The summed E-state index contributed by atoms with van der Waals surface area (Å²) in [4.78, 5) is 22.8. The van der Waals surface area contributed by atoms with Crippen molar-refractivity contribution in [1.29, 1.82) is 0 Å². The molecule has 6 nitrogen and oxygen atoms in total. The molecule has 1 rings (SSSR count). The molecule has 0 atom stereocenters. The Hall–Kier alpha value is -2.06. The number of aliphatic carboxylic acids is 1. The highest BCUT2D eigenvalue weighted by molar-refractivity contribution is 5.94. The maximum Gasteiger partial charge on any atom is 0.406 e. The molecule has 0 spiro atoms. The fourth-order valence-corrected chi connectivity index (χ4v) is 1.64. The summed E-state index contributed by atoms with van der Waals surface area (Å²) < 4.78 is 38.3. The van der Waals surface area contributed by atoms with Gasteiger partial charge < -0.3 is 10.0 Å². The highest BCUT2D eigenvalue weighted by atomic mass is 19.4. The number of hydrogen-bond acceptors (Lipinski definition) is 3. The molecule has 0 bridgehead atoms. The third kappa shape index (κ3) is 4.25. The van der Waals surface area contributed by atoms with Crippen molar-refractivity contribution >= 4 is 11.9 Å². The van der Waals surface area contributed by atoms with Crippen molar-refractivity contribution in [2.24, 2.45) is 7.05 Å². The van der Waals surface area contributed by atoms with Gasteiger partial charge >= 0.3 is 12.1 Å². The number of amides is 1. The Bertz CT molecular complexity index is 511. The molecule has 9 heteroatoms. The van der Waals surface area contributed by atoms with Crippen LogP contribution in [0.3, 0.4) is 0 Å². The van der Waals surface area contributed by atoms with Crippen molar-refractivity contribution in [3.05, 3.63) is 17.5 Å². The van der Waals surface area contributed by atoms with E-state index in [0.29, 0.717) is 12.1 Å². The average molecular weight is 293 g/mol. The smallest absolute Gasteiger partial charge is 0.406 e. The van der Waals surface area contributed by atoms with E-state index in [1.165, 1.54) is 13.1 Å². The van der Waals surface area contributed by atoms with Gasteiger partial charge in [0.05, 0.1) is 5.69 Å². The van der Waals surface area contributed by atoms with Gasteiger partial charge in [0.25, 0.3) is 5.91 Å². The predicted octanol–water partition coefficient (Wildman–Crippen LogP) is 1.07. The van der Waals surface area contributed by atoms with Crippen LogP contribution in [-0.4, -0.2) is 50.9 Å². The standard InChI is InChI=1S/C11H14F3N3O3/c1-3-7-4-8(16(2)15-7)10(20)17(5-9(18)19)6-11(12,13)14/h4H,3,5-6H2,1-2H3,(H,18,19). The lowest BCUT2D eigenvalue weighted by molar-refractivity contribution is -0.149. The Morgan fingerprint density at radius 3 is 2.45 bits per heavy atom. The number of nitrogens with zero attached hydrogens (tertiary/aromatic N) is 3. The summed E-state index contributed by atoms with van der Waals surface area (Å²) in [5.74, 6) is -2.53. The zero-order valence-corrected chi connectivity index (χ0v) is 10.9. The van der Waals surface area contributed by atoms with Gasteiger partial charge in [-0.15, -0.1) is 0 Å². The zero-order valence-electron chi connectivity index (χ0n) is 10.9. The quantitative estimate of drug-likeness (QED) is 0.881. The number of rotatable bonds is 5. The van der Waals surface area contributed by atoms with Crippen LogP contribution in [0.1, 0.15) is 23.1 Å². The molecular formula is C11H14F3N3O3. The summed E-state index contributed by atoms with van der Waals surface area (Å²) in [5, 5.41) is 12.6. The summed E-state index contributed by atoms with van der Waals surface area (Å²) in [6.07, 6.45) is -4.16. The number of carbonyl (C=O) groups is 2. The van der Waals surface area contributed by atoms with Crippen molar-refractivity contribution in [1.82, 2.24) is 14.7 Å². The fourth-order valence-electron chi connectivity index (χ4n) is 1.64. The van der Waals surface area contributed by atoms with Crippen LogP contribution in [0.15, 0.2) is 6.07 Å². The number of carbonyl (C=O) groups excluding carboxylic acids is 1. The molecule has 0 aliphatic carbocycles. The minimum Gasteiger partial charge on any atom is -0.480 e. The molecule has 0 saturated carbocycles. The second-order valence-electron chi connectivity index (χ2n) is 4.17. The number of aryl methyl sites for hydroxylation is 2. The maximum atomic E-state index is 12.4. The van der Waals surface area contributed by atoms with E-state index in [4.69, 9.17) is 5.11 Å². The number of carboxylic acid groups (broad SMARTS) is 1. The van der Waals surface area contributed by atoms with E-state index in [1.807, 2.05) is 0 Å². The molecule has 1 aromatic heterocycles. The van der Waals surface area contributed by atoms with E-state index in [1.54, 1.807) is 6.92 Å². The monoisotopic (exact) mass is 293 g/mol. The summed E-state index contributed by atoms with van der Waals surface area (Å²) >= 11 is 0. The number of carboxylic acids is 1. The van der Waals surface area contributed by atoms with Crippen molar-refractivity contribution in [2.45, 2.75) is 19.5 Å². The van der Waals surface area contributed by atoms with Gasteiger partial charge in [-0.05, 0) is 12.5 Å². The van der Waals surface area contributed by atoms with E-state index < -0.39 is 31.1 Å².